The van der Waals surface area contributed by atoms with Gasteiger partial charge in [-0.2, -0.15) is 18.3 Å². The second kappa shape index (κ2) is 4.86. The van der Waals surface area contributed by atoms with E-state index in [0.717, 1.165) is 11.4 Å². The molecule has 1 aromatic heterocycles. The predicted octanol–water partition coefficient (Wildman–Crippen LogP) is 2.21. The largest absolute Gasteiger partial charge is 0.401 e. The highest BCUT2D eigenvalue weighted by Gasteiger charge is 2.26. The number of rotatable bonds is 4. The topological polar surface area (TPSA) is 29.9 Å². The minimum atomic E-state index is -4.16. The van der Waals surface area contributed by atoms with Crippen LogP contribution in [0.2, 0.25) is 0 Å². The smallest absolute Gasteiger partial charge is 0.307 e. The van der Waals surface area contributed by atoms with Crippen molar-refractivity contribution in [2.24, 2.45) is 0 Å². The van der Waals surface area contributed by atoms with Gasteiger partial charge < -0.3 is 5.32 Å². The highest BCUT2D eigenvalue weighted by molar-refractivity contribution is 5.07. The molecule has 0 aliphatic heterocycles. The zero-order valence-electron chi connectivity index (χ0n) is 9.60. The Morgan fingerprint density at radius 1 is 1.44 bits per heavy atom. The van der Waals surface area contributed by atoms with Crippen LogP contribution in [0.1, 0.15) is 24.4 Å². The molecule has 6 heteroatoms. The van der Waals surface area contributed by atoms with Crippen LogP contribution in [0.4, 0.5) is 13.2 Å². The fourth-order valence-electron chi connectivity index (χ4n) is 1.60. The Morgan fingerprint density at radius 3 is 2.50 bits per heavy atom. The maximum atomic E-state index is 11.9. The quantitative estimate of drug-likeness (QED) is 0.867. The van der Waals surface area contributed by atoms with Crippen molar-refractivity contribution in [3.05, 3.63) is 17.5 Å². The summed E-state index contributed by atoms with van der Waals surface area (Å²) in [6.45, 7) is 4.88. The van der Waals surface area contributed by atoms with Crippen LogP contribution < -0.4 is 5.32 Å². The van der Waals surface area contributed by atoms with Gasteiger partial charge >= 0.3 is 6.18 Å². The van der Waals surface area contributed by atoms with Crippen molar-refractivity contribution >= 4 is 0 Å². The third-order valence-corrected chi connectivity index (χ3v) is 2.23. The van der Waals surface area contributed by atoms with E-state index in [1.54, 1.807) is 4.68 Å². The number of nitrogens with zero attached hydrogens (tertiary/aromatic N) is 2. The van der Waals surface area contributed by atoms with Crippen molar-refractivity contribution in [2.45, 2.75) is 33.0 Å². The van der Waals surface area contributed by atoms with Crippen LogP contribution in [0.3, 0.4) is 0 Å². The van der Waals surface area contributed by atoms with Crippen LogP contribution in [0.25, 0.3) is 0 Å². The van der Waals surface area contributed by atoms with Crippen LogP contribution in [0.15, 0.2) is 6.07 Å². The molecule has 0 aliphatic carbocycles. The molecule has 0 saturated carbocycles. The summed E-state index contributed by atoms with van der Waals surface area (Å²) in [6, 6.07) is 1.82. The van der Waals surface area contributed by atoms with Crippen molar-refractivity contribution in [2.75, 3.05) is 13.1 Å². The van der Waals surface area contributed by atoms with Gasteiger partial charge in [-0.3, -0.25) is 4.68 Å². The Kier molecular flexibility index (Phi) is 3.96. The first-order chi connectivity index (χ1) is 7.29. The van der Waals surface area contributed by atoms with E-state index in [1.807, 2.05) is 26.8 Å². The van der Waals surface area contributed by atoms with E-state index in [9.17, 15) is 13.2 Å². The van der Waals surface area contributed by atoms with Gasteiger partial charge in [0.25, 0.3) is 0 Å². The fourth-order valence-corrected chi connectivity index (χ4v) is 1.60. The predicted molar refractivity (Wildman–Crippen MR) is 55.3 cm³/mol. The Morgan fingerprint density at radius 2 is 2.06 bits per heavy atom. The van der Waals surface area contributed by atoms with Gasteiger partial charge in [-0.1, -0.05) is 0 Å². The van der Waals surface area contributed by atoms with Gasteiger partial charge in [-0.05, 0) is 26.8 Å². The van der Waals surface area contributed by atoms with Crippen LogP contribution >= 0.6 is 0 Å². The monoisotopic (exact) mass is 235 g/mol. The number of aromatic nitrogens is 2. The molecule has 0 aromatic carbocycles. The first-order valence-electron chi connectivity index (χ1n) is 5.10. The third kappa shape index (κ3) is 3.84. The van der Waals surface area contributed by atoms with Gasteiger partial charge in [-0.15, -0.1) is 0 Å². The first-order valence-corrected chi connectivity index (χ1v) is 5.10. The average molecular weight is 235 g/mol. The van der Waals surface area contributed by atoms with Crippen LogP contribution in [0, 0.1) is 13.8 Å². The van der Waals surface area contributed by atoms with Gasteiger partial charge in [-0.25, -0.2) is 0 Å². The van der Waals surface area contributed by atoms with Gasteiger partial charge in [0.15, 0.2) is 0 Å². The van der Waals surface area contributed by atoms with E-state index in [1.165, 1.54) is 0 Å². The van der Waals surface area contributed by atoms with Crippen molar-refractivity contribution in [1.82, 2.24) is 15.1 Å². The molecule has 0 aliphatic rings. The van der Waals surface area contributed by atoms with E-state index in [2.05, 4.69) is 10.4 Å². The number of hydrogen-bond donors (Lipinski definition) is 1. The standard InChI is InChI=1S/C10H16F3N3/c1-7-4-8(2)16(15-7)9(3)5-14-6-10(11,12)13/h4,9,14H,5-6H2,1-3H3. The Hall–Kier alpha value is -1.04. The SMILES string of the molecule is Cc1cc(C)n(C(C)CNCC(F)(F)F)n1. The number of aryl methyl sites for hydroxylation is 2. The number of halogens is 3. The van der Waals surface area contributed by atoms with E-state index in [4.69, 9.17) is 0 Å². The molecule has 1 atom stereocenters. The second-order valence-corrected chi connectivity index (χ2v) is 3.97. The minimum Gasteiger partial charge on any atom is -0.307 e. The Bertz CT molecular complexity index is 344. The zero-order chi connectivity index (χ0) is 12.3. The normalized spacial score (nSPS) is 14.1. The highest BCUT2D eigenvalue weighted by atomic mass is 19.4. The average Bonchev–Trinajstić information content (AvgIpc) is 2.43. The summed E-state index contributed by atoms with van der Waals surface area (Å²) < 4.78 is 37.5. The maximum absolute atomic E-state index is 11.9. The molecular weight excluding hydrogens is 219 g/mol. The number of hydrogen-bond acceptors (Lipinski definition) is 2. The van der Waals surface area contributed by atoms with Gasteiger partial charge in [0.1, 0.15) is 0 Å². The van der Waals surface area contributed by atoms with Crippen LogP contribution in [0.5, 0.6) is 0 Å². The molecule has 0 amide bonds. The molecule has 3 nitrogen and oxygen atoms in total. The highest BCUT2D eigenvalue weighted by Crippen LogP contribution is 2.13. The maximum Gasteiger partial charge on any atom is 0.401 e. The summed E-state index contributed by atoms with van der Waals surface area (Å²) in [7, 11) is 0. The molecule has 1 unspecified atom stereocenters. The van der Waals surface area contributed by atoms with E-state index >= 15 is 0 Å². The lowest BCUT2D eigenvalue weighted by Crippen LogP contribution is -2.33. The molecule has 92 valence electrons. The molecule has 0 spiro atoms. The molecule has 0 fully saturated rings. The van der Waals surface area contributed by atoms with Crippen molar-refractivity contribution < 1.29 is 13.2 Å². The molecule has 1 aromatic rings. The minimum absolute atomic E-state index is 0.0870. The van der Waals surface area contributed by atoms with Crippen molar-refractivity contribution in [3.8, 4) is 0 Å². The molecule has 1 heterocycles. The molecule has 1 rings (SSSR count). The van der Waals surface area contributed by atoms with E-state index in [0.29, 0.717) is 0 Å². The van der Waals surface area contributed by atoms with Crippen molar-refractivity contribution in [3.63, 3.8) is 0 Å². The van der Waals surface area contributed by atoms with E-state index < -0.39 is 12.7 Å². The molecule has 1 N–H and O–H groups in total. The molecule has 0 bridgehead atoms. The van der Waals surface area contributed by atoms with Crippen LogP contribution in [-0.4, -0.2) is 29.0 Å². The first kappa shape index (κ1) is 13.0. The van der Waals surface area contributed by atoms with E-state index in [-0.39, 0.29) is 12.6 Å². The summed E-state index contributed by atoms with van der Waals surface area (Å²) in [5.41, 5.74) is 1.83. The Labute approximate surface area is 92.6 Å². The number of nitrogens with one attached hydrogen (secondary N) is 1. The van der Waals surface area contributed by atoms with Crippen LogP contribution in [-0.2, 0) is 0 Å². The summed E-state index contributed by atoms with van der Waals surface area (Å²) in [6.07, 6.45) is -4.16. The van der Waals surface area contributed by atoms with Gasteiger partial charge in [0.2, 0.25) is 0 Å². The van der Waals surface area contributed by atoms with Gasteiger partial charge in [0.05, 0.1) is 18.3 Å². The number of alkyl halides is 3. The molecular formula is C10H16F3N3. The summed E-state index contributed by atoms with van der Waals surface area (Å²) in [5, 5.41) is 6.59. The fraction of sp³-hybridized carbons (Fsp3) is 0.700. The zero-order valence-corrected chi connectivity index (χ0v) is 9.60. The third-order valence-electron chi connectivity index (χ3n) is 2.23. The summed E-state index contributed by atoms with van der Waals surface area (Å²) in [5.74, 6) is 0. The lowest BCUT2D eigenvalue weighted by atomic mass is 10.3. The molecule has 0 saturated heterocycles. The lowest BCUT2D eigenvalue weighted by molar-refractivity contribution is -0.125. The summed E-state index contributed by atoms with van der Waals surface area (Å²) in [4.78, 5) is 0. The Balaban J connectivity index is 2.47. The van der Waals surface area contributed by atoms with Crippen molar-refractivity contribution in [1.29, 1.82) is 0 Å². The second-order valence-electron chi connectivity index (χ2n) is 3.97. The molecule has 0 radical (unpaired) electrons. The van der Waals surface area contributed by atoms with Gasteiger partial charge in [0, 0.05) is 12.2 Å². The lowest BCUT2D eigenvalue weighted by Gasteiger charge is -2.16. The molecule has 16 heavy (non-hydrogen) atoms. The summed E-state index contributed by atoms with van der Waals surface area (Å²) >= 11 is 0.